The first kappa shape index (κ1) is 24.4. The summed E-state index contributed by atoms with van der Waals surface area (Å²) in [4.78, 5) is 9.95. The number of fused-ring (bicyclic) bond motifs is 1. The molecule has 2 aliphatic rings. The first-order valence-corrected chi connectivity index (χ1v) is 13.9. The minimum atomic E-state index is -3.51. The molecule has 1 N–H and O–H groups in total. The van der Waals surface area contributed by atoms with Crippen molar-refractivity contribution in [3.8, 4) is 0 Å². The van der Waals surface area contributed by atoms with Crippen LogP contribution in [-0.2, 0) is 30.0 Å². The van der Waals surface area contributed by atoms with E-state index in [2.05, 4.69) is 14.7 Å². The van der Waals surface area contributed by atoms with Crippen molar-refractivity contribution in [1.82, 2.24) is 19.4 Å². The van der Waals surface area contributed by atoms with E-state index >= 15 is 0 Å². The Bertz CT molecular complexity index is 1130. The molecule has 0 aromatic carbocycles. The number of hydrogen-bond donors (Lipinski definition) is 1. The highest BCUT2D eigenvalue weighted by atomic mass is 32.2. The summed E-state index contributed by atoms with van der Waals surface area (Å²) in [5.74, 6) is -2.60. The van der Waals surface area contributed by atoms with Gasteiger partial charge in [0.15, 0.2) is 16.9 Å². The largest absolute Gasteiger partial charge is 0.353 e. The van der Waals surface area contributed by atoms with Crippen molar-refractivity contribution < 1.29 is 30.3 Å². The van der Waals surface area contributed by atoms with Gasteiger partial charge in [-0.15, -0.1) is 0 Å². The fourth-order valence-corrected chi connectivity index (χ4v) is 5.25. The molecular formula is C19H27F2N5O5S2. The highest BCUT2D eigenvalue weighted by molar-refractivity contribution is 7.92. The minimum absolute atomic E-state index is 0.130. The van der Waals surface area contributed by atoms with Gasteiger partial charge in [0.2, 0.25) is 10.0 Å². The summed E-state index contributed by atoms with van der Waals surface area (Å²) in [5, 5.41) is 0.537. The Morgan fingerprint density at radius 1 is 1.33 bits per heavy atom. The molecule has 0 saturated carbocycles. The first-order valence-electron chi connectivity index (χ1n) is 10.5. The highest BCUT2D eigenvalue weighted by Gasteiger charge is 2.42. The van der Waals surface area contributed by atoms with Crippen molar-refractivity contribution in [3.63, 3.8) is 0 Å². The van der Waals surface area contributed by atoms with Crippen molar-refractivity contribution in [2.24, 2.45) is 0 Å². The van der Waals surface area contributed by atoms with E-state index in [0.29, 0.717) is 30.4 Å². The number of sulfonamides is 1. The van der Waals surface area contributed by atoms with Crippen LogP contribution >= 0.6 is 0 Å². The average Bonchev–Trinajstić information content (AvgIpc) is 3.33. The summed E-state index contributed by atoms with van der Waals surface area (Å²) in [6.07, 6.45) is 6.20. The number of rotatable bonds is 8. The quantitative estimate of drug-likeness (QED) is 0.576. The molecule has 184 valence electrons. The van der Waals surface area contributed by atoms with Gasteiger partial charge in [0.05, 0.1) is 30.9 Å². The van der Waals surface area contributed by atoms with Crippen molar-refractivity contribution in [2.75, 3.05) is 36.9 Å². The van der Waals surface area contributed by atoms with Crippen LogP contribution in [0, 0.1) is 0 Å². The van der Waals surface area contributed by atoms with Gasteiger partial charge in [-0.3, -0.25) is 13.8 Å². The molecule has 2 aliphatic heterocycles. The highest BCUT2D eigenvalue weighted by Crippen LogP contribution is 2.35. The summed E-state index contributed by atoms with van der Waals surface area (Å²) in [6.45, 7) is 0.0538. The van der Waals surface area contributed by atoms with Gasteiger partial charge in [0.1, 0.15) is 18.2 Å². The third-order valence-electron chi connectivity index (χ3n) is 5.85. The third-order valence-corrected chi connectivity index (χ3v) is 6.88. The van der Waals surface area contributed by atoms with E-state index in [1.165, 1.54) is 12.6 Å². The summed E-state index contributed by atoms with van der Waals surface area (Å²) < 4.78 is 78.2. The minimum Gasteiger partial charge on any atom is -0.353 e. The monoisotopic (exact) mass is 507 g/mol. The molecule has 0 aliphatic carbocycles. The fourth-order valence-electron chi connectivity index (χ4n) is 4.39. The zero-order chi connectivity index (χ0) is 23.8. The first-order chi connectivity index (χ1) is 15.5. The second-order valence-electron chi connectivity index (χ2n) is 8.51. The van der Waals surface area contributed by atoms with E-state index < -0.39 is 27.0 Å². The Kier molecular flexibility index (Phi) is 7.01. The molecule has 14 heteroatoms. The lowest BCUT2D eigenvalue weighted by molar-refractivity contribution is -0.103. The van der Waals surface area contributed by atoms with Gasteiger partial charge in [-0.25, -0.2) is 31.4 Å². The second kappa shape index (κ2) is 9.49. The molecule has 0 radical (unpaired) electrons. The maximum Gasteiger partial charge on any atom is 0.260 e. The summed E-state index contributed by atoms with van der Waals surface area (Å²) in [6, 6.07) is 1.46. The van der Waals surface area contributed by atoms with Gasteiger partial charge in [-0.2, -0.15) is 0 Å². The molecule has 0 spiro atoms. The third kappa shape index (κ3) is 6.04. The molecule has 4 unspecified atom stereocenters. The Morgan fingerprint density at radius 3 is 2.85 bits per heavy atom. The summed E-state index contributed by atoms with van der Waals surface area (Å²) in [7, 11) is -3.51. The standard InChI is InChI=1S/C19H27F2N5O5S2/c1-32(27)30-10-13-5-7-19(20,21)11-25(13)9-14-3-4-16(31-14)26-8-6-15-17(24-33(2,28)29)22-12-23-18(15)26/h6,8,12-14,16H,3-5,7,9-11H2,1-2H3,(H,22,23,24). The van der Waals surface area contributed by atoms with Gasteiger partial charge in [-0.1, -0.05) is 0 Å². The Hall–Kier alpha value is -1.74. The lowest BCUT2D eigenvalue weighted by Crippen LogP contribution is -2.52. The molecule has 4 atom stereocenters. The Labute approximate surface area is 193 Å². The lowest BCUT2D eigenvalue weighted by atomic mass is 9.99. The van der Waals surface area contributed by atoms with Gasteiger partial charge < -0.3 is 9.30 Å². The second-order valence-corrected chi connectivity index (χ2v) is 11.3. The Morgan fingerprint density at radius 2 is 2.12 bits per heavy atom. The maximum absolute atomic E-state index is 14.1. The molecule has 4 rings (SSSR count). The van der Waals surface area contributed by atoms with Crippen LogP contribution in [0.2, 0.25) is 0 Å². The van der Waals surface area contributed by atoms with E-state index in [4.69, 9.17) is 8.92 Å². The van der Waals surface area contributed by atoms with Crippen LogP contribution in [0.3, 0.4) is 0 Å². The molecule has 0 bridgehead atoms. The number of likely N-dealkylation sites (tertiary alicyclic amines) is 1. The van der Waals surface area contributed by atoms with Crippen LogP contribution in [-0.4, -0.2) is 82.3 Å². The maximum atomic E-state index is 14.1. The molecule has 10 nitrogen and oxygen atoms in total. The van der Waals surface area contributed by atoms with Crippen molar-refractivity contribution in [1.29, 1.82) is 0 Å². The molecular weight excluding hydrogens is 480 g/mol. The molecule has 2 aromatic rings. The smallest absolute Gasteiger partial charge is 0.260 e. The van der Waals surface area contributed by atoms with Crippen LogP contribution in [0.15, 0.2) is 18.6 Å². The van der Waals surface area contributed by atoms with Gasteiger partial charge in [-0.05, 0) is 25.3 Å². The summed E-state index contributed by atoms with van der Waals surface area (Å²) in [5.41, 5.74) is 0.517. The van der Waals surface area contributed by atoms with E-state index in [1.807, 2.05) is 0 Å². The van der Waals surface area contributed by atoms with Crippen molar-refractivity contribution in [2.45, 2.75) is 50.0 Å². The lowest BCUT2D eigenvalue weighted by Gasteiger charge is -2.40. The number of ether oxygens (including phenoxy) is 1. The molecule has 2 fully saturated rings. The predicted molar refractivity (Wildman–Crippen MR) is 119 cm³/mol. The predicted octanol–water partition coefficient (Wildman–Crippen LogP) is 1.89. The van der Waals surface area contributed by atoms with Gasteiger partial charge in [0, 0.05) is 31.5 Å². The van der Waals surface area contributed by atoms with E-state index in [1.54, 1.807) is 21.7 Å². The van der Waals surface area contributed by atoms with Crippen LogP contribution in [0.5, 0.6) is 0 Å². The van der Waals surface area contributed by atoms with Crippen LogP contribution in [0.1, 0.15) is 31.9 Å². The molecule has 2 aromatic heterocycles. The summed E-state index contributed by atoms with van der Waals surface area (Å²) >= 11 is -1.46. The number of anilines is 1. The number of alkyl halides is 2. The Balaban J connectivity index is 1.46. The topological polar surface area (TPSA) is 116 Å². The zero-order valence-corrected chi connectivity index (χ0v) is 19.9. The van der Waals surface area contributed by atoms with Crippen molar-refractivity contribution in [3.05, 3.63) is 18.6 Å². The van der Waals surface area contributed by atoms with Crippen LogP contribution in [0.4, 0.5) is 14.6 Å². The van der Waals surface area contributed by atoms with Gasteiger partial charge in [0.25, 0.3) is 5.92 Å². The number of nitrogens with zero attached hydrogens (tertiary/aromatic N) is 4. The molecule has 0 amide bonds. The zero-order valence-electron chi connectivity index (χ0n) is 18.3. The fraction of sp³-hybridized carbons (Fsp3) is 0.684. The molecule has 4 heterocycles. The SMILES string of the molecule is CS(=O)OCC1CCC(F)(F)CN1CC1CCC(n2ccc3c(NS(C)(=O)=O)ncnc32)O1. The van der Waals surface area contributed by atoms with E-state index in [0.717, 1.165) is 6.26 Å². The number of hydrogen-bond acceptors (Lipinski definition) is 8. The van der Waals surface area contributed by atoms with Crippen molar-refractivity contribution >= 4 is 38.0 Å². The van der Waals surface area contributed by atoms with E-state index in [9.17, 15) is 21.4 Å². The number of aromatic nitrogens is 3. The van der Waals surface area contributed by atoms with Crippen LogP contribution in [0.25, 0.3) is 11.0 Å². The average molecular weight is 508 g/mol. The number of halogens is 2. The van der Waals surface area contributed by atoms with Gasteiger partial charge >= 0.3 is 0 Å². The van der Waals surface area contributed by atoms with Crippen LogP contribution < -0.4 is 4.72 Å². The molecule has 33 heavy (non-hydrogen) atoms. The number of nitrogens with one attached hydrogen (secondary N) is 1. The molecule has 2 saturated heterocycles. The normalized spacial score (nSPS) is 27.1. The number of piperidine rings is 1. The van der Waals surface area contributed by atoms with E-state index in [-0.39, 0.29) is 50.2 Å².